The number of carbonyl (C=O) groups is 3. The van der Waals surface area contributed by atoms with Crippen LogP contribution >= 0.6 is 0 Å². The molecule has 194 valence electrons. The first-order valence-electron chi connectivity index (χ1n) is 13.4. The van der Waals surface area contributed by atoms with Gasteiger partial charge in [-0.05, 0) is 36.3 Å². The van der Waals surface area contributed by atoms with E-state index in [0.29, 0.717) is 25.8 Å². The van der Waals surface area contributed by atoms with Crippen LogP contribution in [0.4, 0.5) is 0 Å². The molecule has 1 N–H and O–H groups in total. The van der Waals surface area contributed by atoms with Crippen molar-refractivity contribution in [3.8, 4) is 0 Å². The summed E-state index contributed by atoms with van der Waals surface area (Å²) >= 11 is 0. The van der Waals surface area contributed by atoms with Crippen LogP contribution < -0.4 is 0 Å². The number of carboxylic acids is 1. The number of aliphatic carboxylic acids is 1. The number of hydrogen-bond acceptors (Lipinski definition) is 3. The Morgan fingerprint density at radius 1 is 0.972 bits per heavy atom. The Hall–Kier alpha value is -2.79. The molecule has 0 saturated carbocycles. The van der Waals surface area contributed by atoms with Gasteiger partial charge in [-0.1, -0.05) is 94.8 Å². The van der Waals surface area contributed by atoms with E-state index in [0.717, 1.165) is 31.2 Å². The average Bonchev–Trinajstić information content (AvgIpc) is 2.87. The molecule has 36 heavy (non-hydrogen) atoms. The number of amides is 1. The lowest BCUT2D eigenvalue weighted by Gasteiger charge is -2.50. The average molecular weight is 493 g/mol. The number of piperidine rings is 1. The molecule has 1 saturated heterocycles. The van der Waals surface area contributed by atoms with Gasteiger partial charge in [-0.2, -0.15) is 0 Å². The minimum Gasteiger partial charge on any atom is -0.477 e. The molecular weight excluding hydrogens is 450 g/mol. The van der Waals surface area contributed by atoms with Crippen molar-refractivity contribution in [1.29, 1.82) is 0 Å². The summed E-state index contributed by atoms with van der Waals surface area (Å²) in [6.45, 7) is 7.71. The number of aryl methyl sites for hydroxylation is 1. The van der Waals surface area contributed by atoms with E-state index in [1.807, 2.05) is 48.5 Å². The molecule has 3 rings (SSSR count). The van der Waals surface area contributed by atoms with Gasteiger partial charge in [0.2, 0.25) is 0 Å². The van der Waals surface area contributed by atoms with E-state index in [9.17, 15) is 19.5 Å². The zero-order chi connectivity index (χ0) is 26.3. The van der Waals surface area contributed by atoms with Crippen LogP contribution in [0.1, 0.15) is 83.3 Å². The third-order valence-corrected chi connectivity index (χ3v) is 7.84. The Kier molecular flexibility index (Phi) is 9.24. The van der Waals surface area contributed by atoms with Gasteiger partial charge in [0.1, 0.15) is 0 Å². The first-order chi connectivity index (χ1) is 17.1. The van der Waals surface area contributed by atoms with Gasteiger partial charge in [-0.15, -0.1) is 0 Å². The lowest BCUT2D eigenvalue weighted by molar-refractivity contribution is -0.899. The summed E-state index contributed by atoms with van der Waals surface area (Å²) in [7, 11) is 0. The van der Waals surface area contributed by atoms with Crippen molar-refractivity contribution in [1.82, 2.24) is 0 Å². The second-order valence-electron chi connectivity index (χ2n) is 11.3. The number of ketones is 1. The summed E-state index contributed by atoms with van der Waals surface area (Å²) in [5, 5.41) is 10.5. The Balaban J connectivity index is 2.00. The molecule has 0 bridgehead atoms. The molecule has 0 radical (unpaired) electrons. The molecule has 5 nitrogen and oxygen atoms in total. The van der Waals surface area contributed by atoms with Crippen molar-refractivity contribution >= 4 is 17.7 Å². The number of rotatable bonds is 10. The van der Waals surface area contributed by atoms with E-state index in [1.165, 1.54) is 5.56 Å². The van der Waals surface area contributed by atoms with Gasteiger partial charge >= 0.3 is 11.9 Å². The predicted molar refractivity (Wildman–Crippen MR) is 143 cm³/mol. The minimum absolute atomic E-state index is 0.0580. The zero-order valence-electron chi connectivity index (χ0n) is 22.3. The van der Waals surface area contributed by atoms with Gasteiger partial charge in [0.25, 0.3) is 5.78 Å². The highest BCUT2D eigenvalue weighted by Gasteiger charge is 2.59. The maximum Gasteiger partial charge on any atom is 0.383 e. The largest absolute Gasteiger partial charge is 0.477 e. The molecule has 5 heteroatoms. The van der Waals surface area contributed by atoms with E-state index in [4.69, 9.17) is 0 Å². The fourth-order valence-electron chi connectivity index (χ4n) is 5.91. The highest BCUT2D eigenvalue weighted by atomic mass is 16.4. The van der Waals surface area contributed by atoms with Crippen LogP contribution in [-0.2, 0) is 20.8 Å². The van der Waals surface area contributed by atoms with Crippen LogP contribution in [-0.4, -0.2) is 45.9 Å². The van der Waals surface area contributed by atoms with Gasteiger partial charge in [0.05, 0.1) is 12.6 Å². The van der Waals surface area contributed by atoms with Crippen molar-refractivity contribution in [3.63, 3.8) is 0 Å². The molecule has 2 aromatic carbocycles. The number of carbonyl (C=O) groups excluding carboxylic acids is 2. The smallest absolute Gasteiger partial charge is 0.383 e. The van der Waals surface area contributed by atoms with Gasteiger partial charge in [0, 0.05) is 24.7 Å². The summed E-state index contributed by atoms with van der Waals surface area (Å²) in [4.78, 5) is 40.4. The lowest BCUT2D eigenvalue weighted by atomic mass is 9.79. The molecule has 1 fully saturated rings. The zero-order valence-corrected chi connectivity index (χ0v) is 22.3. The Morgan fingerprint density at radius 2 is 1.58 bits per heavy atom. The maximum atomic E-state index is 14.1. The molecule has 1 amide bonds. The maximum absolute atomic E-state index is 14.1. The summed E-state index contributed by atoms with van der Waals surface area (Å²) in [6.07, 6.45) is 5.04. The van der Waals surface area contributed by atoms with E-state index >= 15 is 0 Å². The number of benzene rings is 2. The fraction of sp³-hybridized carbons (Fsp3) is 0.516. The van der Waals surface area contributed by atoms with E-state index < -0.39 is 29.1 Å². The molecule has 1 heterocycles. The standard InChI is InChI=1S/C31H41NO4/c1-5-13-26(19-12-16-23-14-8-6-9-15-23)32(29(34)28(33)31(2,3)4)21-20-25(22-27(32)30(35)36)24-17-10-7-11-18-24/h6-11,14-15,17-18,25-27H,5,12-13,16,19-22H2,1-4H3/p+1. The number of likely N-dealkylation sites (tertiary alicyclic amines) is 1. The Morgan fingerprint density at radius 3 is 2.14 bits per heavy atom. The van der Waals surface area contributed by atoms with Gasteiger partial charge in [-0.3, -0.25) is 4.79 Å². The normalized spacial score (nSPS) is 23.1. The molecule has 0 spiro atoms. The number of carboxylic acid groups (broad SMARTS) is 1. The molecule has 0 aliphatic carbocycles. The van der Waals surface area contributed by atoms with Gasteiger partial charge in [-0.25, -0.2) is 14.1 Å². The first-order valence-corrected chi connectivity index (χ1v) is 13.4. The van der Waals surface area contributed by atoms with Crippen LogP contribution in [0, 0.1) is 5.41 Å². The second kappa shape index (κ2) is 12.0. The van der Waals surface area contributed by atoms with Crippen LogP contribution in [0.5, 0.6) is 0 Å². The minimum atomic E-state index is -0.977. The second-order valence-corrected chi connectivity index (χ2v) is 11.3. The Labute approximate surface area is 216 Å². The predicted octanol–water partition coefficient (Wildman–Crippen LogP) is 6.17. The molecule has 2 aromatic rings. The highest BCUT2D eigenvalue weighted by Crippen LogP contribution is 2.41. The number of nitrogens with zero attached hydrogens (tertiary/aromatic N) is 1. The number of quaternary nitrogens is 1. The third-order valence-electron chi connectivity index (χ3n) is 7.84. The number of hydrogen-bond donors (Lipinski definition) is 1. The molecule has 4 atom stereocenters. The van der Waals surface area contributed by atoms with Crippen molar-refractivity contribution in [2.45, 2.75) is 90.6 Å². The molecule has 0 aromatic heterocycles. The van der Waals surface area contributed by atoms with Crippen molar-refractivity contribution in [3.05, 3.63) is 71.8 Å². The van der Waals surface area contributed by atoms with Crippen molar-refractivity contribution in [2.75, 3.05) is 6.54 Å². The van der Waals surface area contributed by atoms with Crippen LogP contribution in [0.15, 0.2) is 60.7 Å². The monoisotopic (exact) mass is 492 g/mol. The molecule has 1 aliphatic rings. The van der Waals surface area contributed by atoms with Crippen molar-refractivity contribution in [2.24, 2.45) is 5.41 Å². The SMILES string of the molecule is CCCC(CCCc1ccccc1)[N+]1(C(=O)C(=O)C(C)(C)C)CCC(c2ccccc2)CC1C(=O)O. The summed E-state index contributed by atoms with van der Waals surface area (Å²) in [6, 6.07) is 19.1. The summed E-state index contributed by atoms with van der Waals surface area (Å²) in [5.74, 6) is -1.90. The molecule has 4 unspecified atom stereocenters. The molecule has 1 aliphatic heterocycles. The van der Waals surface area contributed by atoms with Crippen LogP contribution in [0.3, 0.4) is 0 Å². The van der Waals surface area contributed by atoms with E-state index in [1.54, 1.807) is 20.8 Å². The fourth-order valence-corrected chi connectivity index (χ4v) is 5.91. The topological polar surface area (TPSA) is 71.4 Å². The number of Topliss-reactive ketones (excluding diaryl/α,β-unsaturated/α-hetero) is 1. The highest BCUT2D eigenvalue weighted by molar-refractivity contribution is 6.35. The summed E-state index contributed by atoms with van der Waals surface area (Å²) in [5.41, 5.74) is 1.48. The van der Waals surface area contributed by atoms with E-state index in [-0.39, 0.29) is 16.4 Å². The summed E-state index contributed by atoms with van der Waals surface area (Å²) < 4.78 is -0.239. The lowest BCUT2D eigenvalue weighted by Crippen LogP contribution is -2.71. The van der Waals surface area contributed by atoms with Gasteiger partial charge < -0.3 is 5.11 Å². The quantitative estimate of drug-likeness (QED) is 0.318. The van der Waals surface area contributed by atoms with Crippen LogP contribution in [0.25, 0.3) is 0 Å². The Bertz CT molecular complexity index is 1030. The first kappa shape index (κ1) is 27.8. The molecular formula is C31H42NO4+. The van der Waals surface area contributed by atoms with Crippen molar-refractivity contribution < 1.29 is 24.0 Å². The van der Waals surface area contributed by atoms with Gasteiger partial charge in [0.15, 0.2) is 6.04 Å². The van der Waals surface area contributed by atoms with Crippen LogP contribution in [0.2, 0.25) is 0 Å². The van der Waals surface area contributed by atoms with E-state index in [2.05, 4.69) is 19.1 Å². The third kappa shape index (κ3) is 6.12.